The van der Waals surface area contributed by atoms with Crippen LogP contribution in [0.25, 0.3) is 6.08 Å². The molecule has 0 bridgehead atoms. The van der Waals surface area contributed by atoms with Crippen LogP contribution in [0.1, 0.15) is 12.5 Å². The minimum absolute atomic E-state index is 0.313. The Morgan fingerprint density at radius 3 is 2.71 bits per heavy atom. The Kier molecular flexibility index (Phi) is 8.00. The van der Waals surface area contributed by atoms with Crippen LogP contribution in [-0.4, -0.2) is 40.5 Å². The lowest BCUT2D eigenvalue weighted by atomic mass is 10.2. The van der Waals surface area contributed by atoms with Gasteiger partial charge in [0.25, 0.3) is 5.91 Å². The van der Waals surface area contributed by atoms with Gasteiger partial charge in [0.1, 0.15) is 12.5 Å². The number of sulfonamides is 1. The number of rotatable bonds is 10. The zero-order chi connectivity index (χ0) is 18.0. The van der Waals surface area contributed by atoms with Crippen molar-refractivity contribution in [1.82, 2.24) is 10.0 Å². The van der Waals surface area contributed by atoms with Crippen molar-refractivity contribution in [1.29, 1.82) is 0 Å². The van der Waals surface area contributed by atoms with Crippen molar-refractivity contribution in [3.63, 3.8) is 0 Å². The zero-order valence-electron chi connectivity index (χ0n) is 13.7. The first kappa shape index (κ1) is 19.7. The summed E-state index contributed by atoms with van der Waals surface area (Å²) in [4.78, 5) is 11.7. The van der Waals surface area contributed by atoms with Crippen molar-refractivity contribution in [2.24, 2.45) is 0 Å². The van der Waals surface area contributed by atoms with E-state index >= 15 is 0 Å². The van der Waals surface area contributed by atoms with E-state index in [-0.39, 0.29) is 5.88 Å². The summed E-state index contributed by atoms with van der Waals surface area (Å²) < 4.78 is 35.8. The lowest BCUT2D eigenvalue weighted by molar-refractivity contribution is -0.114. The Hall–Kier alpha value is -2.32. The van der Waals surface area contributed by atoms with Crippen LogP contribution in [0.3, 0.4) is 0 Å². The summed E-state index contributed by atoms with van der Waals surface area (Å²) in [7, 11) is -2.19. The normalized spacial score (nSPS) is 11.2. The minimum Gasteiger partial charge on any atom is -0.493 e. The molecule has 0 atom stereocenters. The molecule has 8 heteroatoms. The zero-order valence-corrected chi connectivity index (χ0v) is 14.6. The van der Waals surface area contributed by atoms with Crippen LogP contribution < -0.4 is 19.5 Å². The van der Waals surface area contributed by atoms with Crippen LogP contribution in [-0.2, 0) is 14.8 Å². The predicted molar refractivity (Wildman–Crippen MR) is 93.3 cm³/mol. The Bertz CT molecular complexity index is 698. The molecule has 0 aliphatic heterocycles. The molecule has 0 heterocycles. The van der Waals surface area contributed by atoms with Gasteiger partial charge in [-0.05, 0) is 30.3 Å². The molecule has 2 N–H and O–H groups in total. The molecular weight excluding hydrogens is 332 g/mol. The van der Waals surface area contributed by atoms with Gasteiger partial charge in [-0.25, -0.2) is 13.1 Å². The fraction of sp³-hybridized carbons (Fsp3) is 0.312. The number of nitrogens with one attached hydrogen (secondary N) is 2. The molecule has 0 saturated carbocycles. The summed E-state index contributed by atoms with van der Waals surface area (Å²) >= 11 is 0. The van der Waals surface area contributed by atoms with Crippen LogP contribution in [0.15, 0.2) is 36.9 Å². The third-order valence-corrected chi connectivity index (χ3v) is 3.87. The number of carbonyl (C=O) groups is 1. The topological polar surface area (TPSA) is 93.7 Å². The fourth-order valence-corrected chi connectivity index (χ4v) is 2.61. The average molecular weight is 354 g/mol. The standard InChI is InChI=1S/C16H22N2O5S/c1-4-10-23-14-8-6-13(11-15(14)22-3)7-9-16(19)18-24(20,21)12-17-5-2/h4,6-9,11,17H,1,5,10,12H2,2-3H3,(H,18,19). The summed E-state index contributed by atoms with van der Waals surface area (Å²) in [6.07, 6.45) is 4.24. The van der Waals surface area contributed by atoms with Gasteiger partial charge in [-0.2, -0.15) is 0 Å². The Balaban J connectivity index is 2.76. The number of methoxy groups -OCH3 is 1. The molecular formula is C16H22N2O5S. The number of benzene rings is 1. The van der Waals surface area contributed by atoms with E-state index in [2.05, 4.69) is 11.9 Å². The first-order valence-electron chi connectivity index (χ1n) is 7.26. The van der Waals surface area contributed by atoms with Crippen LogP contribution in [0, 0.1) is 0 Å². The van der Waals surface area contributed by atoms with Crippen molar-refractivity contribution in [3.05, 3.63) is 42.5 Å². The molecule has 7 nitrogen and oxygen atoms in total. The van der Waals surface area contributed by atoms with Gasteiger partial charge in [0.05, 0.1) is 7.11 Å². The van der Waals surface area contributed by atoms with Crippen molar-refractivity contribution < 1.29 is 22.7 Å². The first-order valence-corrected chi connectivity index (χ1v) is 8.92. The van der Waals surface area contributed by atoms with Gasteiger partial charge in [-0.15, -0.1) is 0 Å². The van der Waals surface area contributed by atoms with E-state index in [4.69, 9.17) is 9.47 Å². The summed E-state index contributed by atoms with van der Waals surface area (Å²) in [5, 5.41) is 2.64. The maximum Gasteiger partial charge on any atom is 0.257 e. The molecule has 0 fully saturated rings. The van der Waals surface area contributed by atoms with Gasteiger partial charge in [0.15, 0.2) is 11.5 Å². The SMILES string of the molecule is C=CCOc1ccc(C=CC(=O)NS(=O)(=O)CNCC)cc1OC. The molecule has 0 saturated heterocycles. The molecule has 1 amide bonds. The van der Waals surface area contributed by atoms with Crippen LogP contribution in [0.4, 0.5) is 0 Å². The largest absolute Gasteiger partial charge is 0.493 e. The van der Waals surface area contributed by atoms with Crippen molar-refractivity contribution >= 4 is 22.0 Å². The molecule has 24 heavy (non-hydrogen) atoms. The van der Waals surface area contributed by atoms with Crippen LogP contribution in [0.5, 0.6) is 11.5 Å². The number of carbonyl (C=O) groups excluding carboxylic acids is 1. The van der Waals surface area contributed by atoms with E-state index in [1.54, 1.807) is 31.2 Å². The third kappa shape index (κ3) is 6.84. The molecule has 0 unspecified atom stereocenters. The Morgan fingerprint density at radius 1 is 1.33 bits per heavy atom. The summed E-state index contributed by atoms with van der Waals surface area (Å²) in [6.45, 7) is 6.18. The van der Waals surface area contributed by atoms with E-state index in [0.29, 0.717) is 30.2 Å². The summed E-state index contributed by atoms with van der Waals surface area (Å²) in [5.74, 6) is 0.0111. The van der Waals surface area contributed by atoms with Crippen molar-refractivity contribution in [2.45, 2.75) is 6.92 Å². The maximum atomic E-state index is 11.7. The van der Waals surface area contributed by atoms with Gasteiger partial charge < -0.3 is 14.8 Å². The van der Waals surface area contributed by atoms with Crippen molar-refractivity contribution in [3.8, 4) is 11.5 Å². The second-order valence-electron chi connectivity index (χ2n) is 4.67. The second kappa shape index (κ2) is 9.74. The maximum absolute atomic E-state index is 11.7. The fourth-order valence-electron chi connectivity index (χ4n) is 1.69. The number of hydrogen-bond donors (Lipinski definition) is 2. The van der Waals surface area contributed by atoms with E-state index in [1.165, 1.54) is 13.2 Å². The number of amides is 1. The molecule has 1 aromatic rings. The summed E-state index contributed by atoms with van der Waals surface area (Å²) in [6, 6.07) is 5.09. The monoisotopic (exact) mass is 354 g/mol. The van der Waals surface area contributed by atoms with Gasteiger partial charge in [0.2, 0.25) is 10.0 Å². The van der Waals surface area contributed by atoms with Crippen molar-refractivity contribution in [2.75, 3.05) is 26.1 Å². The number of ether oxygens (including phenoxy) is 2. The highest BCUT2D eigenvalue weighted by molar-refractivity contribution is 7.90. The van der Waals surface area contributed by atoms with Gasteiger partial charge in [-0.1, -0.05) is 25.6 Å². The lowest BCUT2D eigenvalue weighted by Crippen LogP contribution is -2.36. The first-order chi connectivity index (χ1) is 11.4. The smallest absolute Gasteiger partial charge is 0.257 e. The van der Waals surface area contributed by atoms with E-state index in [9.17, 15) is 13.2 Å². The lowest BCUT2D eigenvalue weighted by Gasteiger charge is -2.09. The van der Waals surface area contributed by atoms with Crippen LogP contribution in [0.2, 0.25) is 0 Å². The van der Waals surface area contributed by atoms with Gasteiger partial charge >= 0.3 is 0 Å². The van der Waals surface area contributed by atoms with E-state index in [0.717, 1.165) is 6.08 Å². The number of hydrogen-bond acceptors (Lipinski definition) is 6. The minimum atomic E-state index is -3.69. The summed E-state index contributed by atoms with van der Waals surface area (Å²) in [5.41, 5.74) is 0.664. The van der Waals surface area contributed by atoms with E-state index < -0.39 is 15.9 Å². The molecule has 0 spiro atoms. The average Bonchev–Trinajstić information content (AvgIpc) is 2.56. The van der Waals surface area contributed by atoms with Crippen LogP contribution >= 0.6 is 0 Å². The highest BCUT2D eigenvalue weighted by Crippen LogP contribution is 2.28. The van der Waals surface area contributed by atoms with E-state index in [1.807, 2.05) is 4.72 Å². The second-order valence-corrected chi connectivity index (χ2v) is 6.39. The molecule has 0 aromatic heterocycles. The highest BCUT2D eigenvalue weighted by atomic mass is 32.2. The third-order valence-electron chi connectivity index (χ3n) is 2.77. The molecule has 1 aromatic carbocycles. The molecule has 132 valence electrons. The Labute approximate surface area is 142 Å². The van der Waals surface area contributed by atoms with Gasteiger partial charge in [-0.3, -0.25) is 4.79 Å². The molecule has 1 rings (SSSR count). The molecule has 0 aliphatic carbocycles. The van der Waals surface area contributed by atoms with Gasteiger partial charge in [0, 0.05) is 6.08 Å². The Morgan fingerprint density at radius 2 is 2.08 bits per heavy atom. The molecule has 0 radical (unpaired) electrons. The highest BCUT2D eigenvalue weighted by Gasteiger charge is 2.11. The quantitative estimate of drug-likeness (QED) is 0.486. The predicted octanol–water partition coefficient (Wildman–Crippen LogP) is 1.29. The molecule has 0 aliphatic rings.